The number of aryl methyl sites for hydroxylation is 2. The van der Waals surface area contributed by atoms with Crippen LogP contribution < -0.4 is 10.6 Å². The quantitative estimate of drug-likeness (QED) is 0.294. The van der Waals surface area contributed by atoms with Gasteiger partial charge in [0.25, 0.3) is 5.91 Å². The molecular weight excluding hydrogens is 427 g/mol. The van der Waals surface area contributed by atoms with Gasteiger partial charge in [-0.25, -0.2) is 4.98 Å². The van der Waals surface area contributed by atoms with Crippen LogP contribution in [0.3, 0.4) is 0 Å². The van der Waals surface area contributed by atoms with E-state index in [9.17, 15) is 19.6 Å². The Bertz CT molecular complexity index is 1030. The van der Waals surface area contributed by atoms with Gasteiger partial charge in [0.15, 0.2) is 0 Å². The predicted octanol–water partition coefficient (Wildman–Crippen LogP) is 0.0288. The van der Waals surface area contributed by atoms with Gasteiger partial charge in [0.2, 0.25) is 17.7 Å². The van der Waals surface area contributed by atoms with Gasteiger partial charge in [0, 0.05) is 19.3 Å². The summed E-state index contributed by atoms with van der Waals surface area (Å²) in [6.45, 7) is 1.61. The van der Waals surface area contributed by atoms with Crippen molar-refractivity contribution in [1.82, 2.24) is 30.8 Å². The first-order chi connectivity index (χ1) is 15.9. The molecule has 1 aromatic carbocycles. The largest absolute Gasteiger partial charge is 0.475 e. The fourth-order valence-electron chi connectivity index (χ4n) is 3.20. The molecule has 2 heterocycles. The lowest BCUT2D eigenvalue weighted by Gasteiger charge is -2.22. The molecule has 0 radical (unpaired) electrons. The number of rotatable bonds is 11. The van der Waals surface area contributed by atoms with Gasteiger partial charge in [0.1, 0.15) is 11.7 Å². The number of benzene rings is 1. The molecule has 0 saturated heterocycles. The molecule has 4 N–H and O–H groups in total. The highest BCUT2D eigenvalue weighted by atomic mass is 16.4. The minimum atomic E-state index is -1.77. The molecule has 3 rings (SSSR count). The SMILES string of the molecule is Cc1nnc(CC(NC(=O)c2cnccn2)C(=O)N[C@@H](CCCc2ccccc2)B(O)O)o1. The van der Waals surface area contributed by atoms with Crippen molar-refractivity contribution in [2.45, 2.75) is 44.6 Å². The first-order valence-electron chi connectivity index (χ1n) is 10.5. The minimum absolute atomic E-state index is 0.0265. The Kier molecular flexibility index (Phi) is 8.61. The molecule has 11 nitrogen and oxygen atoms in total. The van der Waals surface area contributed by atoms with Crippen molar-refractivity contribution >= 4 is 18.9 Å². The Morgan fingerprint density at radius 1 is 1.12 bits per heavy atom. The third-order valence-corrected chi connectivity index (χ3v) is 4.88. The van der Waals surface area contributed by atoms with Gasteiger partial charge in [-0.05, 0) is 24.8 Å². The molecule has 12 heteroatoms. The minimum Gasteiger partial charge on any atom is -0.426 e. The summed E-state index contributed by atoms with van der Waals surface area (Å²) < 4.78 is 5.34. The fraction of sp³-hybridized carbons (Fsp3) is 0.333. The smallest absolute Gasteiger partial charge is 0.426 e. The molecule has 0 fully saturated rings. The first-order valence-corrected chi connectivity index (χ1v) is 10.5. The average Bonchev–Trinajstić information content (AvgIpc) is 3.23. The van der Waals surface area contributed by atoms with E-state index in [0.717, 1.165) is 5.56 Å². The van der Waals surface area contributed by atoms with Crippen molar-refractivity contribution < 1.29 is 24.1 Å². The molecular formula is C21H25BN6O5. The van der Waals surface area contributed by atoms with E-state index in [4.69, 9.17) is 4.42 Å². The maximum absolute atomic E-state index is 13.0. The van der Waals surface area contributed by atoms with Crippen molar-refractivity contribution in [3.63, 3.8) is 0 Å². The van der Waals surface area contributed by atoms with Crippen LogP contribution in [-0.4, -0.2) is 61.1 Å². The van der Waals surface area contributed by atoms with Crippen molar-refractivity contribution in [2.24, 2.45) is 0 Å². The van der Waals surface area contributed by atoms with Gasteiger partial charge in [-0.1, -0.05) is 30.3 Å². The Morgan fingerprint density at radius 2 is 1.91 bits per heavy atom. The molecule has 0 spiro atoms. The van der Waals surface area contributed by atoms with E-state index in [1.807, 2.05) is 30.3 Å². The van der Waals surface area contributed by atoms with Crippen molar-refractivity contribution in [3.05, 3.63) is 72.0 Å². The lowest BCUT2D eigenvalue weighted by Crippen LogP contribution is -2.54. The molecule has 0 aliphatic carbocycles. The van der Waals surface area contributed by atoms with E-state index in [1.165, 1.54) is 18.6 Å². The van der Waals surface area contributed by atoms with E-state index in [0.29, 0.717) is 25.2 Å². The van der Waals surface area contributed by atoms with Crippen LogP contribution in [-0.2, 0) is 17.6 Å². The van der Waals surface area contributed by atoms with Crippen LogP contribution in [0.25, 0.3) is 0 Å². The average molecular weight is 452 g/mol. The monoisotopic (exact) mass is 452 g/mol. The topological polar surface area (TPSA) is 163 Å². The Hall–Kier alpha value is -3.64. The van der Waals surface area contributed by atoms with E-state index in [1.54, 1.807) is 6.92 Å². The van der Waals surface area contributed by atoms with Crippen molar-refractivity contribution in [3.8, 4) is 0 Å². The van der Waals surface area contributed by atoms with E-state index < -0.39 is 30.9 Å². The summed E-state index contributed by atoms with van der Waals surface area (Å²) in [5, 5.41) is 32.4. The van der Waals surface area contributed by atoms with Crippen LogP contribution in [0.2, 0.25) is 0 Å². The van der Waals surface area contributed by atoms with Gasteiger partial charge in [-0.15, -0.1) is 10.2 Å². The van der Waals surface area contributed by atoms with Crippen molar-refractivity contribution in [2.75, 3.05) is 0 Å². The number of amides is 2. The molecule has 2 aromatic heterocycles. The predicted molar refractivity (Wildman–Crippen MR) is 118 cm³/mol. The first kappa shape index (κ1) is 24.0. The van der Waals surface area contributed by atoms with Crippen LogP contribution in [0.5, 0.6) is 0 Å². The third-order valence-electron chi connectivity index (χ3n) is 4.88. The van der Waals surface area contributed by atoms with Gasteiger partial charge in [-0.2, -0.15) is 0 Å². The summed E-state index contributed by atoms with van der Waals surface area (Å²) in [5.41, 5.74) is 1.13. The van der Waals surface area contributed by atoms with Crippen molar-refractivity contribution in [1.29, 1.82) is 0 Å². The zero-order valence-corrected chi connectivity index (χ0v) is 18.1. The summed E-state index contributed by atoms with van der Waals surface area (Å²) in [6, 6.07) is 8.62. The van der Waals surface area contributed by atoms with Crippen LogP contribution in [0.1, 0.15) is 40.7 Å². The molecule has 0 aliphatic rings. The zero-order chi connectivity index (χ0) is 23.6. The second-order valence-electron chi connectivity index (χ2n) is 7.44. The van der Waals surface area contributed by atoms with E-state index >= 15 is 0 Å². The van der Waals surface area contributed by atoms with Crippen LogP contribution >= 0.6 is 0 Å². The Labute approximate surface area is 190 Å². The molecule has 1 unspecified atom stereocenters. The van der Waals surface area contributed by atoms with Crippen LogP contribution in [0, 0.1) is 6.92 Å². The van der Waals surface area contributed by atoms with Gasteiger partial charge < -0.3 is 25.1 Å². The van der Waals surface area contributed by atoms with E-state index in [2.05, 4.69) is 30.8 Å². The zero-order valence-electron chi connectivity index (χ0n) is 18.1. The summed E-state index contributed by atoms with van der Waals surface area (Å²) >= 11 is 0. The number of carbonyl (C=O) groups is 2. The molecule has 0 saturated carbocycles. The summed E-state index contributed by atoms with van der Waals surface area (Å²) in [6.07, 6.45) is 5.62. The highest BCUT2D eigenvalue weighted by Crippen LogP contribution is 2.09. The molecule has 0 bridgehead atoms. The lowest BCUT2D eigenvalue weighted by molar-refractivity contribution is -0.123. The van der Waals surface area contributed by atoms with Gasteiger partial charge in [-0.3, -0.25) is 14.6 Å². The number of aromatic nitrogens is 4. The lowest BCUT2D eigenvalue weighted by atomic mass is 9.76. The summed E-state index contributed by atoms with van der Waals surface area (Å²) in [7, 11) is -1.77. The number of nitrogens with zero attached hydrogens (tertiary/aromatic N) is 4. The Balaban J connectivity index is 1.66. The summed E-state index contributed by atoms with van der Waals surface area (Å²) in [5.74, 6) is -1.71. The maximum atomic E-state index is 13.0. The highest BCUT2D eigenvalue weighted by Gasteiger charge is 2.30. The molecule has 172 valence electrons. The summed E-state index contributed by atoms with van der Waals surface area (Å²) in [4.78, 5) is 33.3. The molecule has 33 heavy (non-hydrogen) atoms. The maximum Gasteiger partial charge on any atom is 0.475 e. The number of hydrogen-bond donors (Lipinski definition) is 4. The molecule has 2 amide bonds. The second-order valence-corrected chi connectivity index (χ2v) is 7.44. The third kappa shape index (κ3) is 7.47. The van der Waals surface area contributed by atoms with E-state index in [-0.39, 0.29) is 18.0 Å². The molecule has 3 aromatic rings. The normalized spacial score (nSPS) is 12.6. The van der Waals surface area contributed by atoms with Gasteiger partial charge >= 0.3 is 7.12 Å². The Morgan fingerprint density at radius 3 is 2.55 bits per heavy atom. The van der Waals surface area contributed by atoms with Crippen LogP contribution in [0.15, 0.2) is 53.3 Å². The van der Waals surface area contributed by atoms with Crippen LogP contribution in [0.4, 0.5) is 0 Å². The molecule has 2 atom stereocenters. The number of carbonyl (C=O) groups excluding carboxylic acids is 2. The molecule has 0 aliphatic heterocycles. The van der Waals surface area contributed by atoms with Gasteiger partial charge in [0.05, 0.1) is 18.6 Å². The number of nitrogens with one attached hydrogen (secondary N) is 2. The fourth-order valence-corrected chi connectivity index (χ4v) is 3.20. The highest BCUT2D eigenvalue weighted by molar-refractivity contribution is 6.43. The number of hydrogen-bond acceptors (Lipinski definition) is 9. The standard InChI is InChI=1S/C21H25BN6O5/c1-14-27-28-19(33-14)12-16(25-21(30)17-13-23-10-11-24-17)20(29)26-18(22(31)32)9-5-8-15-6-3-2-4-7-15/h2-4,6-7,10-11,13,16,18,31-32H,5,8-9,12H2,1H3,(H,25,30)(H,26,29)/t16?,18-/m0/s1. The second kappa shape index (κ2) is 11.8.